The van der Waals surface area contributed by atoms with Crippen molar-refractivity contribution in [2.24, 2.45) is 5.73 Å². The SMILES string of the molecule is COC(CN)(OC)N1CCC[SiH2]1. The van der Waals surface area contributed by atoms with Crippen LogP contribution in [-0.2, 0) is 9.47 Å². The molecule has 1 aliphatic rings. The average Bonchev–Trinajstić information content (AvgIpc) is 2.62. The fourth-order valence-electron chi connectivity index (χ4n) is 1.70. The Morgan fingerprint density at radius 2 is 2.17 bits per heavy atom. The van der Waals surface area contributed by atoms with Crippen molar-refractivity contribution in [1.29, 1.82) is 0 Å². The van der Waals surface area contributed by atoms with Gasteiger partial charge < -0.3 is 15.2 Å². The average molecular weight is 190 g/mol. The summed E-state index contributed by atoms with van der Waals surface area (Å²) >= 11 is 0. The third kappa shape index (κ3) is 1.70. The van der Waals surface area contributed by atoms with Gasteiger partial charge in [-0.25, -0.2) is 0 Å². The number of nitrogens with zero attached hydrogens (tertiary/aromatic N) is 1. The van der Waals surface area contributed by atoms with Crippen LogP contribution in [0.4, 0.5) is 0 Å². The van der Waals surface area contributed by atoms with Crippen LogP contribution >= 0.6 is 0 Å². The van der Waals surface area contributed by atoms with Gasteiger partial charge in [0.15, 0.2) is 0 Å². The van der Waals surface area contributed by atoms with Crippen LogP contribution in [0.3, 0.4) is 0 Å². The van der Waals surface area contributed by atoms with Gasteiger partial charge in [0.1, 0.15) is 9.68 Å². The number of rotatable bonds is 4. The molecule has 5 heteroatoms. The van der Waals surface area contributed by atoms with E-state index in [2.05, 4.69) is 4.57 Å². The van der Waals surface area contributed by atoms with Crippen molar-refractivity contribution >= 4 is 9.68 Å². The summed E-state index contributed by atoms with van der Waals surface area (Å²) in [7, 11) is 3.14. The Bertz CT molecular complexity index is 127. The van der Waals surface area contributed by atoms with Crippen LogP contribution in [0.1, 0.15) is 6.42 Å². The summed E-state index contributed by atoms with van der Waals surface area (Å²) in [6, 6.07) is 1.34. The lowest BCUT2D eigenvalue weighted by Gasteiger charge is -2.37. The van der Waals surface area contributed by atoms with Gasteiger partial charge in [-0.15, -0.1) is 0 Å². The van der Waals surface area contributed by atoms with Crippen LogP contribution < -0.4 is 5.73 Å². The second-order valence-electron chi connectivity index (χ2n) is 3.02. The summed E-state index contributed by atoms with van der Waals surface area (Å²) in [5.74, 6) is -0.622. The van der Waals surface area contributed by atoms with Crippen molar-refractivity contribution in [3.63, 3.8) is 0 Å². The number of hydrogen-bond donors (Lipinski definition) is 1. The lowest BCUT2D eigenvalue weighted by atomic mass is 10.4. The second kappa shape index (κ2) is 4.34. The monoisotopic (exact) mass is 190 g/mol. The molecule has 1 aliphatic heterocycles. The molecule has 1 saturated heterocycles. The molecule has 1 rings (SSSR count). The molecule has 0 aromatic carbocycles. The molecule has 4 nitrogen and oxygen atoms in total. The molecule has 0 aromatic rings. The molecule has 0 radical (unpaired) electrons. The quantitative estimate of drug-likeness (QED) is 0.461. The van der Waals surface area contributed by atoms with Crippen LogP contribution in [0.15, 0.2) is 0 Å². The third-order valence-corrected chi connectivity index (χ3v) is 4.64. The molecule has 72 valence electrons. The van der Waals surface area contributed by atoms with E-state index in [1.807, 2.05) is 0 Å². The third-order valence-electron chi connectivity index (χ3n) is 2.48. The van der Waals surface area contributed by atoms with Crippen LogP contribution in [0.2, 0.25) is 6.04 Å². The zero-order valence-corrected chi connectivity index (χ0v) is 9.29. The van der Waals surface area contributed by atoms with E-state index >= 15 is 0 Å². The number of methoxy groups -OCH3 is 2. The Balaban J connectivity index is 2.61. The molecular weight excluding hydrogens is 172 g/mol. The lowest BCUT2D eigenvalue weighted by Crippen LogP contribution is -2.56. The maximum atomic E-state index is 5.64. The largest absolute Gasteiger partial charge is 0.340 e. The predicted molar refractivity (Wildman–Crippen MR) is 50.5 cm³/mol. The highest BCUT2D eigenvalue weighted by Crippen LogP contribution is 2.20. The second-order valence-corrected chi connectivity index (χ2v) is 4.94. The van der Waals surface area contributed by atoms with Gasteiger partial charge in [0.25, 0.3) is 0 Å². The molecule has 1 fully saturated rings. The minimum Gasteiger partial charge on any atom is -0.340 e. The van der Waals surface area contributed by atoms with Gasteiger partial charge in [0.05, 0.1) is 6.54 Å². The summed E-state index contributed by atoms with van der Waals surface area (Å²) in [6.45, 7) is 1.48. The maximum Gasteiger partial charge on any atom is 0.235 e. The normalized spacial score (nSPS) is 22.2. The first-order valence-corrected chi connectivity index (χ1v) is 5.98. The molecule has 2 N–H and O–H groups in total. The fourth-order valence-corrected chi connectivity index (χ4v) is 3.70. The molecule has 0 spiro atoms. The van der Waals surface area contributed by atoms with Crippen LogP contribution in [0.25, 0.3) is 0 Å². The summed E-state index contributed by atoms with van der Waals surface area (Å²) < 4.78 is 13.0. The van der Waals surface area contributed by atoms with E-state index in [0.29, 0.717) is 6.54 Å². The topological polar surface area (TPSA) is 47.7 Å². The van der Waals surface area contributed by atoms with Crippen LogP contribution in [0, 0.1) is 0 Å². The summed E-state index contributed by atoms with van der Waals surface area (Å²) in [5.41, 5.74) is 5.64. The first kappa shape index (κ1) is 10.1. The van der Waals surface area contributed by atoms with Gasteiger partial charge >= 0.3 is 0 Å². The van der Waals surface area contributed by atoms with Crippen molar-refractivity contribution in [3.8, 4) is 0 Å². The Hall–Kier alpha value is 0.0569. The Labute approximate surface area is 75.9 Å². The van der Waals surface area contributed by atoms with Gasteiger partial charge in [0, 0.05) is 14.2 Å². The number of hydrogen-bond acceptors (Lipinski definition) is 4. The first-order valence-electron chi connectivity index (χ1n) is 4.34. The molecule has 0 atom stereocenters. The molecule has 0 bridgehead atoms. The molecule has 0 amide bonds. The summed E-state index contributed by atoms with van der Waals surface area (Å²) in [4.78, 5) is 0. The van der Waals surface area contributed by atoms with Gasteiger partial charge in [-0.2, -0.15) is 0 Å². The van der Waals surface area contributed by atoms with Gasteiger partial charge in [-0.3, -0.25) is 4.57 Å². The summed E-state index contributed by atoms with van der Waals surface area (Å²) in [6.07, 6.45) is 1.26. The fraction of sp³-hybridized carbons (Fsp3) is 1.00. The van der Waals surface area contributed by atoms with E-state index in [1.54, 1.807) is 14.2 Å². The van der Waals surface area contributed by atoms with E-state index in [9.17, 15) is 0 Å². The maximum absolute atomic E-state index is 5.64. The molecule has 0 aliphatic carbocycles. The molecule has 1 heterocycles. The lowest BCUT2D eigenvalue weighted by molar-refractivity contribution is -0.261. The Morgan fingerprint density at radius 1 is 1.50 bits per heavy atom. The molecule has 0 saturated carbocycles. The highest BCUT2D eigenvalue weighted by atomic mass is 28.2. The molecular formula is C7H18N2O2Si. The van der Waals surface area contributed by atoms with Gasteiger partial charge in [0.2, 0.25) is 5.91 Å². The van der Waals surface area contributed by atoms with Crippen molar-refractivity contribution in [2.45, 2.75) is 18.4 Å². The van der Waals surface area contributed by atoms with Crippen LogP contribution in [0.5, 0.6) is 0 Å². The van der Waals surface area contributed by atoms with E-state index in [4.69, 9.17) is 15.2 Å². The molecule has 12 heavy (non-hydrogen) atoms. The Morgan fingerprint density at radius 3 is 2.50 bits per heavy atom. The van der Waals surface area contributed by atoms with Crippen molar-refractivity contribution < 1.29 is 9.47 Å². The zero-order chi connectivity index (χ0) is 9.03. The zero-order valence-electron chi connectivity index (χ0n) is 7.88. The van der Waals surface area contributed by atoms with E-state index in [0.717, 1.165) is 6.54 Å². The molecule has 0 aromatic heterocycles. The van der Waals surface area contributed by atoms with Crippen molar-refractivity contribution in [1.82, 2.24) is 4.57 Å². The van der Waals surface area contributed by atoms with E-state index in [-0.39, 0.29) is 9.68 Å². The van der Waals surface area contributed by atoms with Crippen LogP contribution in [-0.4, -0.2) is 47.5 Å². The highest BCUT2D eigenvalue weighted by Gasteiger charge is 2.36. The number of ether oxygens (including phenoxy) is 2. The minimum absolute atomic E-state index is 0.177. The first-order chi connectivity index (χ1) is 5.79. The predicted octanol–water partition coefficient (Wildman–Crippen LogP) is -0.900. The number of nitrogens with two attached hydrogens (primary N) is 1. The highest BCUT2D eigenvalue weighted by molar-refractivity contribution is 6.33. The van der Waals surface area contributed by atoms with E-state index in [1.165, 1.54) is 12.5 Å². The van der Waals surface area contributed by atoms with Crippen molar-refractivity contribution in [3.05, 3.63) is 0 Å². The van der Waals surface area contributed by atoms with E-state index < -0.39 is 5.91 Å². The van der Waals surface area contributed by atoms with Gasteiger partial charge in [-0.1, -0.05) is 0 Å². The van der Waals surface area contributed by atoms with Crippen molar-refractivity contribution in [2.75, 3.05) is 27.3 Å². The molecule has 0 unspecified atom stereocenters. The smallest absolute Gasteiger partial charge is 0.235 e. The van der Waals surface area contributed by atoms with Gasteiger partial charge in [-0.05, 0) is 19.0 Å². The minimum atomic E-state index is -0.622. The Kier molecular flexibility index (Phi) is 3.67. The standard InChI is InChI=1S/C7H18N2O2Si/c1-10-7(6-8,11-2)9-4-3-5-12-9/h3-6,8,12H2,1-2H3. The summed E-state index contributed by atoms with van der Waals surface area (Å²) in [5, 5.41) is 0.